The number of H-pyrrole nitrogens is 1. The third-order valence-corrected chi connectivity index (χ3v) is 6.48. The minimum Gasteiger partial charge on any atom is -0.493 e. The third-order valence-electron chi connectivity index (χ3n) is 5.56. The highest BCUT2D eigenvalue weighted by Gasteiger charge is 2.25. The Balaban J connectivity index is 1.92. The van der Waals surface area contributed by atoms with Crippen LogP contribution in [-0.2, 0) is 17.8 Å². The van der Waals surface area contributed by atoms with Crippen molar-refractivity contribution in [3.63, 3.8) is 0 Å². The van der Waals surface area contributed by atoms with Crippen molar-refractivity contribution in [2.75, 3.05) is 23.8 Å². The lowest BCUT2D eigenvalue weighted by atomic mass is 10.2. The maximum Gasteiger partial charge on any atom is 0.330 e. The van der Waals surface area contributed by atoms with E-state index in [9.17, 15) is 14.4 Å². The molecule has 0 spiro atoms. The number of hydrogen-bond donors (Lipinski definition) is 2. The van der Waals surface area contributed by atoms with Crippen molar-refractivity contribution < 1.29 is 9.53 Å². The molecule has 188 valence electrons. The molecular weight excluding hydrogens is 466 g/mol. The first-order valence-corrected chi connectivity index (χ1v) is 12.9. The number of para-hydroxylation sites is 1. The summed E-state index contributed by atoms with van der Waals surface area (Å²) in [6.45, 7) is 7.15. The maximum atomic E-state index is 13.4. The molecule has 0 saturated heterocycles. The fourth-order valence-electron chi connectivity index (χ4n) is 3.74. The number of carbonyl (C=O) groups is 1. The molecule has 3 rings (SSSR count). The fraction of sp³-hybridized carbons (Fsp3) is 0.440. The minimum absolute atomic E-state index is 0.00395. The molecule has 3 N–H and O–H groups in total. The molecule has 9 nitrogen and oxygen atoms in total. The highest BCUT2D eigenvalue weighted by Crippen LogP contribution is 2.32. The highest BCUT2D eigenvalue weighted by molar-refractivity contribution is 7.13. The van der Waals surface area contributed by atoms with Gasteiger partial charge in [-0.3, -0.25) is 19.1 Å². The van der Waals surface area contributed by atoms with Crippen LogP contribution < -0.4 is 26.6 Å². The quantitative estimate of drug-likeness (QED) is 0.391. The van der Waals surface area contributed by atoms with Crippen LogP contribution in [0, 0.1) is 0 Å². The van der Waals surface area contributed by atoms with E-state index in [1.54, 1.807) is 0 Å². The number of ether oxygens (including phenoxy) is 1. The maximum absolute atomic E-state index is 13.4. The summed E-state index contributed by atoms with van der Waals surface area (Å²) in [6, 6.07) is 7.64. The molecule has 3 aromatic rings. The zero-order chi connectivity index (χ0) is 25.4. The number of hydrogen-bond acceptors (Lipinski definition) is 7. The largest absolute Gasteiger partial charge is 0.493 e. The first kappa shape index (κ1) is 26.2. The van der Waals surface area contributed by atoms with Gasteiger partial charge in [-0.15, -0.1) is 11.3 Å². The standard InChI is InChI=1S/C25H33N5O4S/c1-4-7-13-29(21-22(26)30(14-8-5-2)25(33)28-23(21)32)20(31)15-17-16-35-24(27-17)18-11-9-10-12-19(18)34-6-3/h9-12,16H,4-8,13-15,26H2,1-3H3,(H,28,32,33). The molecule has 0 radical (unpaired) electrons. The molecule has 0 aliphatic carbocycles. The number of thiazole rings is 1. The number of nitrogen functional groups attached to an aromatic ring is 1. The van der Waals surface area contributed by atoms with Crippen molar-refractivity contribution in [1.29, 1.82) is 0 Å². The first-order valence-electron chi connectivity index (χ1n) is 12.0. The van der Waals surface area contributed by atoms with Crippen molar-refractivity contribution >= 4 is 28.7 Å². The second-order valence-corrected chi connectivity index (χ2v) is 9.01. The Morgan fingerprint density at radius 2 is 1.91 bits per heavy atom. The molecule has 0 aliphatic heterocycles. The van der Waals surface area contributed by atoms with Gasteiger partial charge in [0.2, 0.25) is 5.91 Å². The Kier molecular flexibility index (Phi) is 9.25. The molecule has 0 unspecified atom stereocenters. The van der Waals surface area contributed by atoms with Crippen molar-refractivity contribution in [2.24, 2.45) is 0 Å². The number of amides is 1. The molecule has 0 saturated carbocycles. The summed E-state index contributed by atoms with van der Waals surface area (Å²) in [5.41, 5.74) is 6.54. The van der Waals surface area contributed by atoms with Crippen LogP contribution in [0.3, 0.4) is 0 Å². The van der Waals surface area contributed by atoms with E-state index in [0.717, 1.165) is 35.6 Å². The Morgan fingerprint density at radius 1 is 1.17 bits per heavy atom. The number of rotatable bonds is 12. The molecule has 10 heteroatoms. The number of carbonyl (C=O) groups excluding carboxylic acids is 1. The van der Waals surface area contributed by atoms with Gasteiger partial charge in [0.1, 0.15) is 16.6 Å². The van der Waals surface area contributed by atoms with Crippen LogP contribution in [0.15, 0.2) is 39.2 Å². The van der Waals surface area contributed by atoms with Crippen LogP contribution in [-0.4, -0.2) is 33.6 Å². The smallest absolute Gasteiger partial charge is 0.330 e. The van der Waals surface area contributed by atoms with Crippen LogP contribution in [0.25, 0.3) is 10.6 Å². The Labute approximate surface area is 208 Å². The Morgan fingerprint density at radius 3 is 2.63 bits per heavy atom. The molecule has 0 fully saturated rings. The third kappa shape index (κ3) is 6.19. The van der Waals surface area contributed by atoms with E-state index in [4.69, 9.17) is 10.5 Å². The lowest BCUT2D eigenvalue weighted by molar-refractivity contribution is -0.118. The number of nitrogens with zero attached hydrogens (tertiary/aromatic N) is 3. The number of nitrogens with two attached hydrogens (primary N) is 1. The topological polar surface area (TPSA) is 123 Å². The molecule has 2 aromatic heterocycles. The van der Waals surface area contributed by atoms with E-state index in [1.807, 2.05) is 50.4 Å². The zero-order valence-corrected chi connectivity index (χ0v) is 21.3. The second kappa shape index (κ2) is 12.3. The summed E-state index contributed by atoms with van der Waals surface area (Å²) < 4.78 is 7.04. The van der Waals surface area contributed by atoms with E-state index in [0.29, 0.717) is 31.8 Å². The summed E-state index contributed by atoms with van der Waals surface area (Å²) in [7, 11) is 0. The molecule has 1 amide bonds. The van der Waals surface area contributed by atoms with E-state index in [2.05, 4.69) is 9.97 Å². The van der Waals surface area contributed by atoms with Crippen molar-refractivity contribution in [2.45, 2.75) is 59.4 Å². The average Bonchev–Trinajstić information content (AvgIpc) is 3.29. The van der Waals surface area contributed by atoms with Crippen LogP contribution in [0.4, 0.5) is 11.5 Å². The molecule has 2 heterocycles. The summed E-state index contributed by atoms with van der Waals surface area (Å²) in [5.74, 6) is 0.452. The van der Waals surface area contributed by atoms with Crippen LogP contribution in [0.2, 0.25) is 0 Å². The summed E-state index contributed by atoms with van der Waals surface area (Å²) in [4.78, 5) is 46.9. The lowest BCUT2D eigenvalue weighted by Gasteiger charge is -2.24. The molecule has 0 aliphatic rings. The van der Waals surface area contributed by atoms with Gasteiger partial charge >= 0.3 is 5.69 Å². The Bertz CT molecular complexity index is 1260. The van der Waals surface area contributed by atoms with Crippen LogP contribution in [0.5, 0.6) is 5.75 Å². The SMILES string of the molecule is CCCCN(C(=O)Cc1csc(-c2ccccc2OCC)n1)c1c(N)n(CCCC)c(=O)[nH]c1=O. The predicted octanol–water partition coefficient (Wildman–Crippen LogP) is 3.82. The number of aromatic amines is 1. The van der Waals surface area contributed by atoms with Crippen molar-refractivity contribution in [3.8, 4) is 16.3 Å². The van der Waals surface area contributed by atoms with Gasteiger partial charge in [0.05, 0.1) is 24.3 Å². The monoisotopic (exact) mass is 499 g/mol. The minimum atomic E-state index is -0.658. The van der Waals surface area contributed by atoms with Crippen LogP contribution >= 0.6 is 11.3 Å². The molecule has 0 atom stereocenters. The molecule has 35 heavy (non-hydrogen) atoms. The molecule has 1 aromatic carbocycles. The van der Waals surface area contributed by atoms with Gasteiger partial charge in [0.25, 0.3) is 5.56 Å². The number of nitrogens with one attached hydrogen (secondary N) is 1. The normalized spacial score (nSPS) is 10.9. The predicted molar refractivity (Wildman–Crippen MR) is 140 cm³/mol. The Hall–Kier alpha value is -3.40. The first-order chi connectivity index (χ1) is 16.9. The number of aromatic nitrogens is 3. The highest BCUT2D eigenvalue weighted by atomic mass is 32.1. The molecule has 0 bridgehead atoms. The van der Waals surface area contributed by atoms with Gasteiger partial charge in [-0.1, -0.05) is 38.8 Å². The van der Waals surface area contributed by atoms with Gasteiger partial charge < -0.3 is 15.4 Å². The molecular formula is C25H33N5O4S. The number of unbranched alkanes of at least 4 members (excludes halogenated alkanes) is 2. The van der Waals surface area contributed by atoms with Crippen LogP contribution in [0.1, 0.15) is 52.1 Å². The van der Waals surface area contributed by atoms with Gasteiger partial charge in [0.15, 0.2) is 5.69 Å². The van der Waals surface area contributed by atoms with Gasteiger partial charge in [-0.05, 0) is 31.9 Å². The zero-order valence-electron chi connectivity index (χ0n) is 20.5. The summed E-state index contributed by atoms with van der Waals surface area (Å²) in [6.07, 6.45) is 3.10. The van der Waals surface area contributed by atoms with Gasteiger partial charge in [-0.25, -0.2) is 9.78 Å². The van der Waals surface area contributed by atoms with E-state index < -0.39 is 11.2 Å². The van der Waals surface area contributed by atoms with Gasteiger partial charge in [-0.2, -0.15) is 0 Å². The van der Waals surface area contributed by atoms with Gasteiger partial charge in [0, 0.05) is 18.5 Å². The average molecular weight is 500 g/mol. The number of benzene rings is 1. The fourth-order valence-corrected chi connectivity index (χ4v) is 4.59. The van der Waals surface area contributed by atoms with Crippen molar-refractivity contribution in [1.82, 2.24) is 14.5 Å². The number of anilines is 2. The summed E-state index contributed by atoms with van der Waals surface area (Å²) >= 11 is 1.43. The van der Waals surface area contributed by atoms with E-state index in [-0.39, 0.29) is 23.8 Å². The van der Waals surface area contributed by atoms with Crippen molar-refractivity contribution in [3.05, 3.63) is 56.2 Å². The second-order valence-electron chi connectivity index (χ2n) is 8.15. The van der Waals surface area contributed by atoms with E-state index >= 15 is 0 Å². The lowest BCUT2D eigenvalue weighted by Crippen LogP contribution is -2.42. The van der Waals surface area contributed by atoms with E-state index in [1.165, 1.54) is 20.8 Å². The summed E-state index contributed by atoms with van der Waals surface area (Å²) in [5, 5.41) is 2.59.